The molecule has 0 aliphatic heterocycles. The van der Waals surface area contributed by atoms with E-state index in [2.05, 4.69) is 185 Å². The van der Waals surface area contributed by atoms with Gasteiger partial charge in [-0.1, -0.05) is 163 Å². The number of nitriles is 1. The van der Waals surface area contributed by atoms with Crippen LogP contribution in [0.15, 0.2) is 197 Å². The Morgan fingerprint density at radius 1 is 0.566 bits per heavy atom. The molecule has 0 amide bonds. The van der Waals surface area contributed by atoms with Crippen LogP contribution in [0.4, 0.5) is 0 Å². The molecule has 13 aromatic rings. The van der Waals surface area contributed by atoms with Gasteiger partial charge in [0.05, 0.1) is 34.1 Å². The van der Waals surface area contributed by atoms with Gasteiger partial charge in [0.1, 0.15) is 5.58 Å². The van der Waals surface area contributed by atoms with E-state index >= 15 is 0 Å². The molecule has 76 heavy (non-hydrogen) atoms. The van der Waals surface area contributed by atoms with Crippen molar-refractivity contribution >= 4 is 65.7 Å². The molecule has 0 aliphatic rings. The number of hydrogen-bond donors (Lipinski definition) is 0. The van der Waals surface area contributed by atoms with Crippen LogP contribution in [0.1, 0.15) is 82.6 Å². The fraction of sp³-hybridized carbons (Fsp3) is 0.145. The first-order chi connectivity index (χ1) is 36.5. The number of benzene rings is 9. The van der Waals surface area contributed by atoms with Crippen molar-refractivity contribution in [3.8, 4) is 56.7 Å². The van der Waals surface area contributed by atoms with Crippen molar-refractivity contribution in [3.63, 3.8) is 0 Å². The number of aromatic nitrogens is 3. The molecular weight excluding hydrogens is 1110 g/mol. The Hall–Kier alpha value is -8.40. The molecule has 1 radical (unpaired) electrons. The summed E-state index contributed by atoms with van der Waals surface area (Å²) >= 11 is 0. The van der Waals surface area contributed by atoms with Gasteiger partial charge in [-0.05, 0) is 104 Å². The second kappa shape index (κ2) is 20.0. The predicted octanol–water partition coefficient (Wildman–Crippen LogP) is 18.7. The zero-order valence-electron chi connectivity index (χ0n) is 43.5. The normalized spacial score (nSPS) is 11.7. The molecule has 0 spiro atoms. The van der Waals surface area contributed by atoms with Crippen molar-refractivity contribution in [2.75, 3.05) is 0 Å². The van der Waals surface area contributed by atoms with Crippen LogP contribution in [0, 0.1) is 23.5 Å². The first kappa shape index (κ1) is 49.8. The van der Waals surface area contributed by atoms with E-state index in [1.807, 2.05) is 79.0 Å². The summed E-state index contributed by atoms with van der Waals surface area (Å²) in [6.45, 7) is 15.7. The summed E-state index contributed by atoms with van der Waals surface area (Å²) in [6, 6.07) is 71.7. The molecule has 0 unspecified atom stereocenters. The van der Waals surface area contributed by atoms with E-state index in [0.717, 1.165) is 82.8 Å². The Morgan fingerprint density at radius 2 is 1.18 bits per heavy atom. The van der Waals surface area contributed by atoms with Crippen molar-refractivity contribution in [1.82, 2.24) is 14.5 Å². The quantitative estimate of drug-likeness (QED) is 0.149. The number of imidazole rings is 1. The van der Waals surface area contributed by atoms with E-state index in [0.29, 0.717) is 27.9 Å². The van der Waals surface area contributed by atoms with Crippen LogP contribution in [0.5, 0.6) is 0 Å². The molecule has 9 aromatic carbocycles. The van der Waals surface area contributed by atoms with E-state index in [-0.39, 0.29) is 37.4 Å². The van der Waals surface area contributed by atoms with Crippen molar-refractivity contribution in [2.45, 2.75) is 65.7 Å². The molecule has 6 nitrogen and oxygen atoms in total. The molecular formula is C69H54IrN4O2-2. The van der Waals surface area contributed by atoms with Gasteiger partial charge in [0.25, 0.3) is 0 Å². The molecule has 0 N–H and O–H groups in total. The molecule has 13 rings (SSSR count). The Bertz CT molecular complexity index is 4310. The van der Waals surface area contributed by atoms with Gasteiger partial charge in [-0.15, -0.1) is 54.1 Å². The van der Waals surface area contributed by atoms with E-state index in [4.69, 9.17) is 13.8 Å². The summed E-state index contributed by atoms with van der Waals surface area (Å²) in [7, 11) is 0. The van der Waals surface area contributed by atoms with E-state index in [1.54, 1.807) is 0 Å². The summed E-state index contributed by atoms with van der Waals surface area (Å²) in [5.74, 6) is 1.19. The van der Waals surface area contributed by atoms with E-state index < -0.39 is 0 Å². The van der Waals surface area contributed by atoms with Crippen molar-refractivity contribution in [1.29, 1.82) is 5.26 Å². The summed E-state index contributed by atoms with van der Waals surface area (Å²) in [6.07, 6.45) is 1.87. The minimum atomic E-state index is 0. The van der Waals surface area contributed by atoms with Gasteiger partial charge in [0.15, 0.2) is 11.2 Å². The fourth-order valence-corrected chi connectivity index (χ4v) is 10.7. The molecule has 0 atom stereocenters. The number of hydrogen-bond acceptors (Lipinski definition) is 5. The smallest absolute Gasteiger partial charge is 0.177 e. The molecule has 7 heteroatoms. The Morgan fingerprint density at radius 3 is 1.84 bits per heavy atom. The average molecular weight is 1160 g/mol. The van der Waals surface area contributed by atoms with Gasteiger partial charge in [-0.3, -0.25) is 4.98 Å². The van der Waals surface area contributed by atoms with Gasteiger partial charge in [-0.25, -0.2) is 0 Å². The molecule has 4 aromatic heterocycles. The van der Waals surface area contributed by atoms with Crippen LogP contribution in [-0.4, -0.2) is 14.5 Å². The number of rotatable bonds is 7. The summed E-state index contributed by atoms with van der Waals surface area (Å²) in [5, 5.41) is 16.2. The largest absolute Gasteiger partial charge is 0.497 e. The maximum Gasteiger partial charge on any atom is 0.177 e. The van der Waals surface area contributed by atoms with Gasteiger partial charge in [0, 0.05) is 59.1 Å². The molecule has 373 valence electrons. The van der Waals surface area contributed by atoms with Crippen LogP contribution in [0.3, 0.4) is 0 Å². The average Bonchev–Trinajstić information content (AvgIpc) is 4.19. The molecule has 4 heterocycles. The zero-order valence-corrected chi connectivity index (χ0v) is 45.9. The van der Waals surface area contributed by atoms with Gasteiger partial charge >= 0.3 is 0 Å². The number of pyridine rings is 1. The van der Waals surface area contributed by atoms with E-state index in [9.17, 15) is 5.26 Å². The van der Waals surface area contributed by atoms with Crippen LogP contribution in [0.2, 0.25) is 0 Å². The second-order valence-corrected chi connectivity index (χ2v) is 21.0. The standard InChI is InChI=1S/C54H38N3O2.C15H16N.Ir/c1-31(2)44-28-37(33-14-7-5-8-15-33)29-45(32(3)4)48(44)57-49-38-19-12-11-16-34(38)23-27-46(49)56-54(57)43-21-13-20-39-41-25-26-42-40-24-22-36(30-55)47(35-17-9-6-10-18-35)51(40)59-53(42)52(41)58-50(39)43;1-15(2,3)13-9-10-16-14(11-13)12-7-5-4-6-8-12;/h5-20,22-29,31-32H,1-4H3;4-7,9-11H,1-3H3;/q2*-1;. The van der Waals surface area contributed by atoms with Crippen molar-refractivity contribution in [2.24, 2.45) is 0 Å². The molecule has 0 saturated carbocycles. The third-order valence-electron chi connectivity index (χ3n) is 14.5. The third-order valence-corrected chi connectivity index (χ3v) is 14.5. The number of furan rings is 2. The maximum absolute atomic E-state index is 10.2. The summed E-state index contributed by atoms with van der Waals surface area (Å²) in [4.78, 5) is 9.88. The SMILES string of the molecule is CC(C)(C)c1ccnc(-c2[c-]cccc2)c1.CC(C)c1cc(-c2ccccc2)cc(C(C)C)c1-n1c(-c2[c-]ccc3c2oc2c3ccc3c4ccc(C#N)c(-c5ccccc5)c4oc32)nc2ccc3ccccc3c21.[Ir]. The third kappa shape index (κ3) is 8.68. The van der Waals surface area contributed by atoms with Gasteiger partial charge < -0.3 is 18.4 Å². The number of fused-ring (bicyclic) bond motifs is 10. The summed E-state index contributed by atoms with van der Waals surface area (Å²) < 4.78 is 16.3. The van der Waals surface area contributed by atoms with E-state index in [1.165, 1.54) is 27.8 Å². The van der Waals surface area contributed by atoms with Gasteiger partial charge in [0.2, 0.25) is 0 Å². The Labute approximate surface area is 456 Å². The molecule has 0 aliphatic carbocycles. The summed E-state index contributed by atoms with van der Waals surface area (Å²) in [5.41, 5.74) is 17.2. The topological polar surface area (TPSA) is 80.8 Å². The fourth-order valence-electron chi connectivity index (χ4n) is 10.7. The van der Waals surface area contributed by atoms with Crippen molar-refractivity contribution in [3.05, 3.63) is 223 Å². The second-order valence-electron chi connectivity index (χ2n) is 21.0. The molecule has 0 saturated heterocycles. The predicted molar refractivity (Wildman–Crippen MR) is 308 cm³/mol. The van der Waals surface area contributed by atoms with Crippen molar-refractivity contribution < 1.29 is 28.9 Å². The maximum atomic E-state index is 10.2. The minimum absolute atomic E-state index is 0. The van der Waals surface area contributed by atoms with Crippen LogP contribution in [0.25, 0.3) is 116 Å². The Kier molecular flexibility index (Phi) is 13.1. The van der Waals surface area contributed by atoms with Crippen LogP contribution in [-0.2, 0) is 25.5 Å². The molecule has 0 fully saturated rings. The monoisotopic (exact) mass is 1160 g/mol. The first-order valence-corrected chi connectivity index (χ1v) is 25.7. The number of nitrogens with zero attached hydrogens (tertiary/aromatic N) is 4. The van der Waals surface area contributed by atoms with Crippen LogP contribution >= 0.6 is 0 Å². The minimum Gasteiger partial charge on any atom is -0.497 e. The zero-order chi connectivity index (χ0) is 51.5. The molecule has 0 bridgehead atoms. The van der Waals surface area contributed by atoms with Crippen LogP contribution < -0.4 is 0 Å². The van der Waals surface area contributed by atoms with Gasteiger partial charge in [-0.2, -0.15) is 5.26 Å². The first-order valence-electron chi connectivity index (χ1n) is 25.7. The Balaban J connectivity index is 0.000000311.